The highest BCUT2D eigenvalue weighted by Crippen LogP contribution is 2.48. The van der Waals surface area contributed by atoms with Crippen LogP contribution in [0.2, 0.25) is 5.02 Å². The van der Waals surface area contributed by atoms with E-state index in [2.05, 4.69) is 16.0 Å². The fourth-order valence-corrected chi connectivity index (χ4v) is 4.59. The quantitative estimate of drug-likeness (QED) is 0.563. The highest BCUT2D eigenvalue weighted by molar-refractivity contribution is 6.31. The third-order valence-corrected chi connectivity index (χ3v) is 6.24. The van der Waals surface area contributed by atoms with Crippen molar-refractivity contribution in [3.05, 3.63) is 47.0 Å². The van der Waals surface area contributed by atoms with E-state index < -0.39 is 23.6 Å². The standard InChI is InChI=1S/C22H24ClN3O5/c1-11(27)17-10-15(20(28)24-18-9-13(30-2)5-7-19(18)31-3)22(26-17)14-8-12(23)4-6-16(14)25-21(22)29/h4-9,11,15,17,26-27H,10H2,1-3H3,(H,24,28)(H,25,29)/t11-,15+,17-,22-/m0/s1. The topological polar surface area (TPSA) is 109 Å². The predicted molar refractivity (Wildman–Crippen MR) is 117 cm³/mol. The van der Waals surface area contributed by atoms with Crippen molar-refractivity contribution in [2.75, 3.05) is 24.9 Å². The van der Waals surface area contributed by atoms with Crippen LogP contribution in [0.1, 0.15) is 18.9 Å². The first-order chi connectivity index (χ1) is 14.8. The van der Waals surface area contributed by atoms with Crippen molar-refractivity contribution in [3.63, 3.8) is 0 Å². The van der Waals surface area contributed by atoms with Gasteiger partial charge in [-0.15, -0.1) is 0 Å². The van der Waals surface area contributed by atoms with Crippen LogP contribution in [0, 0.1) is 5.92 Å². The van der Waals surface area contributed by atoms with Gasteiger partial charge < -0.3 is 25.2 Å². The average molecular weight is 446 g/mol. The summed E-state index contributed by atoms with van der Waals surface area (Å²) in [6, 6.07) is 9.67. The first-order valence-corrected chi connectivity index (χ1v) is 10.3. The van der Waals surface area contributed by atoms with Crippen LogP contribution < -0.4 is 25.4 Å². The Bertz CT molecular complexity index is 1040. The lowest BCUT2D eigenvalue weighted by molar-refractivity contribution is -0.130. The number of rotatable bonds is 5. The summed E-state index contributed by atoms with van der Waals surface area (Å²) in [5, 5.41) is 19.6. The monoisotopic (exact) mass is 445 g/mol. The number of benzene rings is 2. The first-order valence-electron chi connectivity index (χ1n) is 9.90. The SMILES string of the molecule is COc1ccc(OC)c(NC(=O)[C@H]2C[C@@H]([C@H](C)O)N[C@]23C(=O)Nc2ccc(Cl)cc23)c1. The van der Waals surface area contributed by atoms with E-state index in [-0.39, 0.29) is 18.2 Å². The molecular formula is C22H24ClN3O5. The highest BCUT2D eigenvalue weighted by Gasteiger charge is 2.60. The highest BCUT2D eigenvalue weighted by atomic mass is 35.5. The lowest BCUT2D eigenvalue weighted by Gasteiger charge is -2.29. The van der Waals surface area contributed by atoms with Crippen LogP contribution in [-0.2, 0) is 15.1 Å². The van der Waals surface area contributed by atoms with Crippen LogP contribution in [0.4, 0.5) is 11.4 Å². The summed E-state index contributed by atoms with van der Waals surface area (Å²) in [6.07, 6.45) is -0.508. The molecular weight excluding hydrogens is 422 g/mol. The van der Waals surface area contributed by atoms with Gasteiger partial charge in [-0.1, -0.05) is 11.6 Å². The molecule has 0 unspecified atom stereocenters. The Morgan fingerprint density at radius 3 is 2.71 bits per heavy atom. The van der Waals surface area contributed by atoms with Gasteiger partial charge in [0.2, 0.25) is 11.8 Å². The number of hydrogen-bond acceptors (Lipinski definition) is 6. The number of anilines is 2. The summed E-state index contributed by atoms with van der Waals surface area (Å²) in [7, 11) is 3.03. The van der Waals surface area contributed by atoms with Crippen LogP contribution in [0.15, 0.2) is 36.4 Å². The van der Waals surface area contributed by atoms with Gasteiger partial charge in [0, 0.05) is 28.4 Å². The normalized spacial score (nSPS) is 25.1. The van der Waals surface area contributed by atoms with Crippen molar-refractivity contribution in [3.8, 4) is 11.5 Å². The third kappa shape index (κ3) is 3.50. The molecule has 2 aromatic carbocycles. The second-order valence-electron chi connectivity index (χ2n) is 7.79. The van der Waals surface area contributed by atoms with E-state index in [4.69, 9.17) is 21.1 Å². The third-order valence-electron chi connectivity index (χ3n) is 6.00. The number of aliphatic hydroxyl groups is 1. The van der Waals surface area contributed by atoms with Crippen LogP contribution in [-0.4, -0.2) is 43.3 Å². The molecule has 4 atom stereocenters. The summed E-state index contributed by atoms with van der Waals surface area (Å²) in [5.41, 5.74) is 0.251. The van der Waals surface area contributed by atoms with Gasteiger partial charge in [-0.2, -0.15) is 0 Å². The van der Waals surface area contributed by atoms with Crippen LogP contribution in [0.25, 0.3) is 0 Å². The number of halogens is 1. The second kappa shape index (κ2) is 8.03. The number of nitrogens with one attached hydrogen (secondary N) is 3. The molecule has 2 amide bonds. The Labute approximate surface area is 184 Å². The molecule has 0 radical (unpaired) electrons. The molecule has 8 nitrogen and oxygen atoms in total. The van der Waals surface area contributed by atoms with Crippen molar-refractivity contribution < 1.29 is 24.2 Å². The number of fused-ring (bicyclic) bond motifs is 2. The molecule has 4 N–H and O–H groups in total. The molecule has 0 bridgehead atoms. The number of carbonyl (C=O) groups excluding carboxylic acids is 2. The number of aliphatic hydroxyl groups excluding tert-OH is 1. The van der Waals surface area contributed by atoms with Gasteiger partial charge in [-0.05, 0) is 43.7 Å². The van der Waals surface area contributed by atoms with E-state index in [9.17, 15) is 14.7 Å². The molecule has 2 aliphatic heterocycles. The van der Waals surface area contributed by atoms with E-state index in [1.807, 2.05) is 0 Å². The van der Waals surface area contributed by atoms with Crippen molar-refractivity contribution in [1.82, 2.24) is 5.32 Å². The summed E-state index contributed by atoms with van der Waals surface area (Å²) in [4.78, 5) is 26.7. The van der Waals surface area contributed by atoms with E-state index in [0.29, 0.717) is 33.5 Å². The Balaban J connectivity index is 1.75. The number of carbonyl (C=O) groups is 2. The van der Waals surface area contributed by atoms with Crippen LogP contribution in [0.5, 0.6) is 11.5 Å². The Hall–Kier alpha value is -2.81. The number of ether oxygens (including phenoxy) is 2. The van der Waals surface area contributed by atoms with Crippen molar-refractivity contribution in [2.45, 2.75) is 31.0 Å². The van der Waals surface area contributed by atoms with Crippen molar-refractivity contribution >= 4 is 34.8 Å². The molecule has 1 fully saturated rings. The molecule has 2 heterocycles. The van der Waals surface area contributed by atoms with Gasteiger partial charge in [0.05, 0.1) is 31.9 Å². The number of amides is 2. The van der Waals surface area contributed by atoms with E-state index in [0.717, 1.165) is 0 Å². The minimum atomic E-state index is -1.35. The average Bonchev–Trinajstić information content (AvgIpc) is 3.28. The zero-order chi connectivity index (χ0) is 22.3. The smallest absolute Gasteiger partial charge is 0.250 e. The largest absolute Gasteiger partial charge is 0.497 e. The van der Waals surface area contributed by atoms with Gasteiger partial charge in [0.1, 0.15) is 17.0 Å². The fourth-order valence-electron chi connectivity index (χ4n) is 4.42. The lowest BCUT2D eigenvalue weighted by atomic mass is 9.79. The molecule has 0 aliphatic carbocycles. The Morgan fingerprint density at radius 1 is 1.26 bits per heavy atom. The summed E-state index contributed by atoms with van der Waals surface area (Å²) >= 11 is 6.21. The zero-order valence-corrected chi connectivity index (χ0v) is 18.1. The van der Waals surface area contributed by atoms with E-state index in [1.54, 1.807) is 43.3 Å². The summed E-state index contributed by atoms with van der Waals surface area (Å²) in [6.45, 7) is 1.63. The molecule has 4 rings (SSSR count). The molecule has 9 heteroatoms. The number of methoxy groups -OCH3 is 2. The number of hydrogen-bond donors (Lipinski definition) is 4. The van der Waals surface area contributed by atoms with Gasteiger partial charge in [0.25, 0.3) is 0 Å². The molecule has 164 valence electrons. The minimum Gasteiger partial charge on any atom is -0.497 e. The van der Waals surface area contributed by atoms with Crippen molar-refractivity contribution in [2.24, 2.45) is 5.92 Å². The first kappa shape index (κ1) is 21.4. The van der Waals surface area contributed by atoms with Gasteiger partial charge in [0.15, 0.2) is 0 Å². The zero-order valence-electron chi connectivity index (χ0n) is 17.4. The molecule has 1 saturated heterocycles. The molecule has 2 aromatic rings. The van der Waals surface area contributed by atoms with Crippen LogP contribution >= 0.6 is 11.6 Å². The van der Waals surface area contributed by atoms with Crippen molar-refractivity contribution in [1.29, 1.82) is 0 Å². The summed E-state index contributed by atoms with van der Waals surface area (Å²) < 4.78 is 10.6. The maximum atomic E-state index is 13.5. The maximum absolute atomic E-state index is 13.5. The second-order valence-corrected chi connectivity index (χ2v) is 8.22. The van der Waals surface area contributed by atoms with E-state index >= 15 is 0 Å². The Kier molecular flexibility index (Phi) is 5.55. The van der Waals surface area contributed by atoms with Gasteiger partial charge >= 0.3 is 0 Å². The molecule has 31 heavy (non-hydrogen) atoms. The molecule has 1 spiro atoms. The fraction of sp³-hybridized carbons (Fsp3) is 0.364. The maximum Gasteiger partial charge on any atom is 0.250 e. The Morgan fingerprint density at radius 2 is 2.03 bits per heavy atom. The summed E-state index contributed by atoms with van der Waals surface area (Å²) in [5.74, 6) is -0.535. The van der Waals surface area contributed by atoms with Gasteiger partial charge in [-0.3, -0.25) is 14.9 Å². The minimum absolute atomic E-state index is 0.259. The van der Waals surface area contributed by atoms with Gasteiger partial charge in [-0.25, -0.2) is 0 Å². The lowest BCUT2D eigenvalue weighted by Crippen LogP contribution is -2.53. The molecule has 2 aliphatic rings. The van der Waals surface area contributed by atoms with E-state index in [1.165, 1.54) is 14.2 Å². The molecule has 0 saturated carbocycles. The molecule has 0 aromatic heterocycles. The predicted octanol–water partition coefficient (Wildman–Crippen LogP) is 2.50. The van der Waals surface area contributed by atoms with Crippen LogP contribution in [0.3, 0.4) is 0 Å².